The Morgan fingerprint density at radius 3 is 2.89 bits per heavy atom. The van der Waals surface area contributed by atoms with Crippen molar-refractivity contribution >= 4 is 6.09 Å². The first-order valence-electron chi connectivity index (χ1n) is 6.26. The third-order valence-electron chi connectivity index (χ3n) is 2.95. The second-order valence-corrected chi connectivity index (χ2v) is 4.46. The van der Waals surface area contributed by atoms with Crippen LogP contribution in [-0.4, -0.2) is 61.5 Å². The number of amides is 1. The maximum Gasteiger partial charge on any atom is 0.407 e. The van der Waals surface area contributed by atoms with Crippen LogP contribution in [0.25, 0.3) is 0 Å². The molecule has 4 atom stereocenters. The van der Waals surface area contributed by atoms with Crippen molar-refractivity contribution in [1.82, 2.24) is 10.6 Å². The van der Waals surface area contributed by atoms with Gasteiger partial charge < -0.3 is 30.3 Å². The van der Waals surface area contributed by atoms with Crippen LogP contribution in [0.4, 0.5) is 4.79 Å². The standard InChI is InChI=1S/C12H22N2O5/c1-3-4-18-12(17)14-7-9-5-8(6-13-2)10(15)11(16)19-9/h3,8-11,13,15-16H,1,4-7H2,2H3,(H,14,17)/t8-,9?,10?,11?/m1/s1. The van der Waals surface area contributed by atoms with E-state index in [4.69, 9.17) is 9.47 Å². The molecule has 1 fully saturated rings. The van der Waals surface area contributed by atoms with Crippen LogP contribution < -0.4 is 10.6 Å². The number of nitrogens with one attached hydrogen (secondary N) is 2. The highest BCUT2D eigenvalue weighted by Gasteiger charge is 2.36. The minimum atomic E-state index is -1.23. The number of rotatable bonds is 6. The van der Waals surface area contributed by atoms with Crippen molar-refractivity contribution in [3.05, 3.63) is 12.7 Å². The van der Waals surface area contributed by atoms with Crippen molar-refractivity contribution in [2.75, 3.05) is 26.7 Å². The molecule has 110 valence electrons. The molecule has 0 bridgehead atoms. The molecule has 3 unspecified atom stereocenters. The summed E-state index contributed by atoms with van der Waals surface area (Å²) in [6.45, 7) is 4.36. The zero-order valence-electron chi connectivity index (χ0n) is 11.0. The Kier molecular flexibility index (Phi) is 6.79. The molecule has 7 nitrogen and oxygen atoms in total. The van der Waals surface area contributed by atoms with Gasteiger partial charge >= 0.3 is 6.09 Å². The second kappa shape index (κ2) is 8.11. The average molecular weight is 274 g/mol. The maximum absolute atomic E-state index is 11.2. The van der Waals surface area contributed by atoms with Gasteiger partial charge in [0.25, 0.3) is 0 Å². The van der Waals surface area contributed by atoms with Gasteiger partial charge in [-0.1, -0.05) is 12.7 Å². The van der Waals surface area contributed by atoms with Gasteiger partial charge in [-0.2, -0.15) is 0 Å². The molecule has 0 aromatic heterocycles. The monoisotopic (exact) mass is 274 g/mol. The minimum Gasteiger partial charge on any atom is -0.445 e. The van der Waals surface area contributed by atoms with E-state index >= 15 is 0 Å². The van der Waals surface area contributed by atoms with Crippen LogP contribution in [0.15, 0.2) is 12.7 Å². The lowest BCUT2D eigenvalue weighted by molar-refractivity contribution is -0.231. The lowest BCUT2D eigenvalue weighted by Gasteiger charge is -2.36. The Bertz CT molecular complexity index is 300. The number of ether oxygens (including phenoxy) is 2. The largest absolute Gasteiger partial charge is 0.445 e. The van der Waals surface area contributed by atoms with Gasteiger partial charge in [-0.15, -0.1) is 0 Å². The molecule has 0 aliphatic carbocycles. The highest BCUT2D eigenvalue weighted by Crippen LogP contribution is 2.23. The van der Waals surface area contributed by atoms with Crippen LogP contribution in [0.2, 0.25) is 0 Å². The van der Waals surface area contributed by atoms with Crippen molar-refractivity contribution in [3.8, 4) is 0 Å². The number of carbonyl (C=O) groups is 1. The second-order valence-electron chi connectivity index (χ2n) is 4.46. The molecule has 1 saturated heterocycles. The van der Waals surface area contributed by atoms with E-state index in [-0.39, 0.29) is 25.2 Å². The van der Waals surface area contributed by atoms with Crippen molar-refractivity contribution < 1.29 is 24.5 Å². The molecule has 0 radical (unpaired) electrons. The zero-order valence-corrected chi connectivity index (χ0v) is 11.0. The van der Waals surface area contributed by atoms with Gasteiger partial charge in [-0.05, 0) is 13.5 Å². The number of hydrogen-bond acceptors (Lipinski definition) is 6. The Labute approximate surface area is 112 Å². The number of alkyl carbamates (subject to hydrolysis) is 1. The molecule has 0 saturated carbocycles. The SMILES string of the molecule is C=CCOC(=O)NCC1C[C@H](CNC)C(O)C(O)O1. The van der Waals surface area contributed by atoms with Crippen LogP contribution in [0.1, 0.15) is 6.42 Å². The fourth-order valence-corrected chi connectivity index (χ4v) is 2.02. The first-order chi connectivity index (χ1) is 9.08. The Hall–Kier alpha value is -1.15. The van der Waals surface area contributed by atoms with E-state index in [0.717, 1.165) is 0 Å². The van der Waals surface area contributed by atoms with Crippen molar-refractivity contribution in [2.45, 2.75) is 24.9 Å². The molecule has 1 aliphatic rings. The molecule has 0 spiro atoms. The molecule has 1 amide bonds. The van der Waals surface area contributed by atoms with Gasteiger partial charge in [0, 0.05) is 19.0 Å². The van der Waals surface area contributed by atoms with E-state index in [1.54, 1.807) is 7.05 Å². The van der Waals surface area contributed by atoms with Crippen LogP contribution in [0, 0.1) is 5.92 Å². The van der Waals surface area contributed by atoms with E-state index in [1.807, 2.05) is 0 Å². The lowest BCUT2D eigenvalue weighted by atomic mass is 9.92. The fraction of sp³-hybridized carbons (Fsp3) is 0.750. The van der Waals surface area contributed by atoms with Gasteiger partial charge in [0.1, 0.15) is 12.7 Å². The molecule has 1 heterocycles. The maximum atomic E-state index is 11.2. The highest BCUT2D eigenvalue weighted by molar-refractivity contribution is 5.67. The lowest BCUT2D eigenvalue weighted by Crippen LogP contribution is -2.50. The average Bonchev–Trinajstić information content (AvgIpc) is 2.39. The van der Waals surface area contributed by atoms with Crippen molar-refractivity contribution in [2.24, 2.45) is 5.92 Å². The van der Waals surface area contributed by atoms with Gasteiger partial charge in [-0.3, -0.25) is 0 Å². The molecule has 1 aliphatic heterocycles. The normalized spacial score (nSPS) is 30.7. The predicted octanol–water partition coefficient (Wildman–Crippen LogP) is -0.798. The number of hydrogen-bond donors (Lipinski definition) is 4. The third-order valence-corrected chi connectivity index (χ3v) is 2.95. The third kappa shape index (κ3) is 5.15. The van der Waals surface area contributed by atoms with Gasteiger partial charge in [0.05, 0.1) is 6.10 Å². The van der Waals surface area contributed by atoms with Crippen molar-refractivity contribution in [1.29, 1.82) is 0 Å². The van der Waals surface area contributed by atoms with Gasteiger partial charge in [0.2, 0.25) is 0 Å². The number of aliphatic hydroxyl groups excluding tert-OH is 2. The molecule has 0 aromatic carbocycles. The summed E-state index contributed by atoms with van der Waals surface area (Å²) in [5, 5.41) is 24.8. The van der Waals surface area contributed by atoms with E-state index in [2.05, 4.69) is 17.2 Å². The molecule has 1 rings (SSSR count). The summed E-state index contributed by atoms with van der Waals surface area (Å²) in [4.78, 5) is 11.2. The highest BCUT2D eigenvalue weighted by atomic mass is 16.6. The van der Waals surface area contributed by atoms with Crippen molar-refractivity contribution in [3.63, 3.8) is 0 Å². The first-order valence-corrected chi connectivity index (χ1v) is 6.26. The van der Waals surface area contributed by atoms with Crippen LogP contribution in [0.3, 0.4) is 0 Å². The summed E-state index contributed by atoms with van der Waals surface area (Å²) in [6.07, 6.45) is -1.05. The first kappa shape index (κ1) is 15.9. The topological polar surface area (TPSA) is 100 Å². The summed E-state index contributed by atoms with van der Waals surface area (Å²) >= 11 is 0. The van der Waals surface area contributed by atoms with Gasteiger partial charge in [0.15, 0.2) is 6.29 Å². The van der Waals surface area contributed by atoms with E-state index < -0.39 is 18.5 Å². The summed E-state index contributed by atoms with van der Waals surface area (Å²) in [5.41, 5.74) is 0. The van der Waals surface area contributed by atoms with E-state index in [9.17, 15) is 15.0 Å². The molecule has 7 heteroatoms. The number of aliphatic hydroxyl groups is 2. The minimum absolute atomic E-state index is 0.121. The Balaban J connectivity index is 2.37. The molecule has 19 heavy (non-hydrogen) atoms. The number of carbonyl (C=O) groups excluding carboxylic acids is 1. The Morgan fingerprint density at radius 2 is 2.26 bits per heavy atom. The summed E-state index contributed by atoms with van der Waals surface area (Å²) in [6, 6.07) is 0. The van der Waals surface area contributed by atoms with Crippen LogP contribution in [-0.2, 0) is 9.47 Å². The van der Waals surface area contributed by atoms with Crippen LogP contribution >= 0.6 is 0 Å². The zero-order chi connectivity index (χ0) is 14.3. The van der Waals surface area contributed by atoms with Gasteiger partial charge in [-0.25, -0.2) is 4.79 Å². The predicted molar refractivity (Wildman–Crippen MR) is 68.5 cm³/mol. The molecular formula is C12H22N2O5. The summed E-state index contributed by atoms with van der Waals surface area (Å²) < 4.78 is 9.97. The Morgan fingerprint density at radius 1 is 1.53 bits per heavy atom. The fourth-order valence-electron chi connectivity index (χ4n) is 2.02. The molecule has 0 aromatic rings. The smallest absolute Gasteiger partial charge is 0.407 e. The molecular weight excluding hydrogens is 252 g/mol. The van der Waals surface area contributed by atoms with E-state index in [1.165, 1.54) is 6.08 Å². The quantitative estimate of drug-likeness (QED) is 0.473. The van der Waals surface area contributed by atoms with E-state index in [0.29, 0.717) is 13.0 Å². The summed E-state index contributed by atoms with van der Waals surface area (Å²) in [7, 11) is 1.77. The molecule has 4 N–H and O–H groups in total. The van der Waals surface area contributed by atoms with Crippen LogP contribution in [0.5, 0.6) is 0 Å². The summed E-state index contributed by atoms with van der Waals surface area (Å²) in [5.74, 6) is -0.121.